The second-order valence-corrected chi connectivity index (χ2v) is 4.83. The number of hydrogen-bond acceptors (Lipinski definition) is 3. The van der Waals surface area contributed by atoms with E-state index in [-0.39, 0.29) is 11.3 Å². The quantitative estimate of drug-likeness (QED) is 0.755. The molecule has 0 saturated heterocycles. The number of phenols is 1. The molecule has 3 aromatic rings. The van der Waals surface area contributed by atoms with E-state index < -0.39 is 5.91 Å². The third-order valence-electron chi connectivity index (χ3n) is 3.40. The van der Waals surface area contributed by atoms with Gasteiger partial charge in [-0.2, -0.15) is 5.26 Å². The number of para-hydroxylation sites is 1. The molecule has 4 heteroatoms. The predicted octanol–water partition coefficient (Wildman–Crippen LogP) is 3.67. The Hall–Kier alpha value is -3.32. The molecule has 0 radical (unpaired) electrons. The minimum absolute atomic E-state index is 0.0920. The summed E-state index contributed by atoms with van der Waals surface area (Å²) in [5.41, 5.74) is 0.963. The lowest BCUT2D eigenvalue weighted by Gasteiger charge is -2.09. The number of benzene rings is 3. The average Bonchev–Trinajstić information content (AvgIpc) is 2.54. The molecule has 0 aromatic heterocycles. The Bertz CT molecular complexity index is 910. The fourth-order valence-corrected chi connectivity index (χ4v) is 2.29. The molecule has 4 nitrogen and oxygen atoms in total. The van der Waals surface area contributed by atoms with Crippen LogP contribution in [0.1, 0.15) is 15.9 Å². The molecule has 3 aromatic carbocycles. The third kappa shape index (κ3) is 2.48. The van der Waals surface area contributed by atoms with Crippen LogP contribution in [0, 0.1) is 11.3 Å². The number of fused-ring (bicyclic) bond motifs is 1. The summed E-state index contributed by atoms with van der Waals surface area (Å²) in [7, 11) is 0. The molecule has 0 heterocycles. The molecule has 0 aliphatic rings. The largest absolute Gasteiger partial charge is 0.507 e. The minimum atomic E-state index is -0.453. The Morgan fingerprint density at radius 3 is 2.36 bits per heavy atom. The number of nitriles is 1. The first-order valence-electron chi connectivity index (χ1n) is 6.71. The van der Waals surface area contributed by atoms with E-state index in [0.717, 1.165) is 10.8 Å². The van der Waals surface area contributed by atoms with Crippen molar-refractivity contribution in [2.75, 3.05) is 5.32 Å². The smallest absolute Gasteiger partial charge is 0.259 e. The normalized spacial score (nSPS) is 10.1. The van der Waals surface area contributed by atoms with E-state index in [1.165, 1.54) is 0 Å². The van der Waals surface area contributed by atoms with Gasteiger partial charge in [0.2, 0.25) is 0 Å². The summed E-state index contributed by atoms with van der Waals surface area (Å²) in [6, 6.07) is 19.4. The van der Waals surface area contributed by atoms with Crippen molar-refractivity contribution < 1.29 is 9.90 Å². The standard InChI is InChI=1S/C18H12N2O2/c19-11-14-7-3-4-8-16(14)20-18(22)15-9-12-5-1-2-6-13(12)10-17(15)21/h1-10,21H,(H,20,22). The maximum atomic E-state index is 12.4. The fraction of sp³-hybridized carbons (Fsp3) is 0. The highest BCUT2D eigenvalue weighted by molar-refractivity contribution is 6.09. The Balaban J connectivity index is 1.99. The number of aromatic hydroxyl groups is 1. The van der Waals surface area contributed by atoms with E-state index in [0.29, 0.717) is 11.3 Å². The Labute approximate surface area is 127 Å². The number of anilines is 1. The van der Waals surface area contributed by atoms with Crippen LogP contribution >= 0.6 is 0 Å². The van der Waals surface area contributed by atoms with Crippen LogP contribution in [0.4, 0.5) is 5.69 Å². The second-order valence-electron chi connectivity index (χ2n) is 4.83. The molecule has 0 saturated carbocycles. The highest BCUT2D eigenvalue weighted by atomic mass is 16.3. The Morgan fingerprint density at radius 2 is 1.64 bits per heavy atom. The van der Waals surface area contributed by atoms with Gasteiger partial charge in [-0.1, -0.05) is 36.4 Å². The highest BCUT2D eigenvalue weighted by Gasteiger charge is 2.14. The monoisotopic (exact) mass is 288 g/mol. The van der Waals surface area contributed by atoms with Gasteiger partial charge < -0.3 is 10.4 Å². The number of rotatable bonds is 2. The zero-order chi connectivity index (χ0) is 15.5. The molecular weight excluding hydrogens is 276 g/mol. The van der Waals surface area contributed by atoms with Crippen LogP contribution in [0.25, 0.3) is 10.8 Å². The van der Waals surface area contributed by atoms with Crippen LogP contribution in [-0.2, 0) is 0 Å². The number of phenolic OH excluding ortho intramolecular Hbond substituents is 1. The summed E-state index contributed by atoms with van der Waals surface area (Å²) in [6.45, 7) is 0. The van der Waals surface area contributed by atoms with Crippen LogP contribution in [-0.4, -0.2) is 11.0 Å². The summed E-state index contributed by atoms with van der Waals surface area (Å²) in [6.07, 6.45) is 0. The first-order valence-corrected chi connectivity index (χ1v) is 6.71. The van der Waals surface area contributed by atoms with Gasteiger partial charge in [0.05, 0.1) is 16.8 Å². The lowest BCUT2D eigenvalue weighted by Crippen LogP contribution is -2.13. The summed E-state index contributed by atoms with van der Waals surface area (Å²) in [5, 5.41) is 23.5. The van der Waals surface area contributed by atoms with E-state index in [1.54, 1.807) is 36.4 Å². The first-order chi connectivity index (χ1) is 10.7. The van der Waals surface area contributed by atoms with Crippen LogP contribution in [0.15, 0.2) is 60.7 Å². The molecule has 0 spiro atoms. The number of nitrogens with one attached hydrogen (secondary N) is 1. The summed E-state index contributed by atoms with van der Waals surface area (Å²) in [4.78, 5) is 12.4. The first kappa shape index (κ1) is 13.7. The molecule has 2 N–H and O–H groups in total. The molecule has 22 heavy (non-hydrogen) atoms. The molecule has 0 aliphatic heterocycles. The van der Waals surface area contributed by atoms with E-state index in [9.17, 15) is 9.90 Å². The minimum Gasteiger partial charge on any atom is -0.507 e. The van der Waals surface area contributed by atoms with Crippen molar-refractivity contribution in [1.29, 1.82) is 5.26 Å². The molecule has 106 valence electrons. The van der Waals surface area contributed by atoms with Crippen molar-refractivity contribution in [2.45, 2.75) is 0 Å². The number of carbonyl (C=O) groups is 1. The zero-order valence-corrected chi connectivity index (χ0v) is 11.6. The Morgan fingerprint density at radius 1 is 1.00 bits per heavy atom. The van der Waals surface area contributed by atoms with Gasteiger partial charge in [-0.25, -0.2) is 0 Å². The van der Waals surface area contributed by atoms with Crippen LogP contribution in [0.3, 0.4) is 0 Å². The second kappa shape index (κ2) is 5.58. The number of carbonyl (C=O) groups excluding carboxylic acids is 1. The van der Waals surface area contributed by atoms with Gasteiger partial charge in [0.15, 0.2) is 0 Å². The van der Waals surface area contributed by atoms with Crippen molar-refractivity contribution >= 4 is 22.4 Å². The molecule has 0 aliphatic carbocycles. The maximum absolute atomic E-state index is 12.4. The van der Waals surface area contributed by atoms with E-state index in [1.807, 2.05) is 30.3 Å². The number of nitrogens with zero attached hydrogens (tertiary/aromatic N) is 1. The third-order valence-corrected chi connectivity index (χ3v) is 3.40. The lowest BCUT2D eigenvalue weighted by atomic mass is 10.1. The molecule has 1 amide bonds. The molecule has 3 rings (SSSR count). The SMILES string of the molecule is N#Cc1ccccc1NC(=O)c1cc2ccccc2cc1O. The average molecular weight is 288 g/mol. The Kier molecular flexibility index (Phi) is 3.47. The number of hydrogen-bond donors (Lipinski definition) is 2. The van der Waals surface area contributed by atoms with Crippen LogP contribution in [0.2, 0.25) is 0 Å². The van der Waals surface area contributed by atoms with Crippen molar-refractivity contribution in [3.63, 3.8) is 0 Å². The van der Waals surface area contributed by atoms with Gasteiger partial charge in [-0.3, -0.25) is 4.79 Å². The van der Waals surface area contributed by atoms with Gasteiger partial charge >= 0.3 is 0 Å². The van der Waals surface area contributed by atoms with Crippen LogP contribution in [0.5, 0.6) is 5.75 Å². The topological polar surface area (TPSA) is 73.1 Å². The van der Waals surface area contributed by atoms with Crippen molar-refractivity contribution in [3.8, 4) is 11.8 Å². The molecule has 0 fully saturated rings. The molecular formula is C18H12N2O2. The molecule has 0 atom stereocenters. The molecule has 0 bridgehead atoms. The summed E-state index contributed by atoms with van der Waals surface area (Å²) >= 11 is 0. The van der Waals surface area contributed by atoms with Crippen molar-refractivity contribution in [3.05, 3.63) is 71.8 Å². The van der Waals surface area contributed by atoms with Gasteiger partial charge in [0.1, 0.15) is 11.8 Å². The highest BCUT2D eigenvalue weighted by Crippen LogP contribution is 2.26. The van der Waals surface area contributed by atoms with E-state index >= 15 is 0 Å². The predicted molar refractivity (Wildman–Crippen MR) is 84.7 cm³/mol. The molecule has 0 unspecified atom stereocenters. The van der Waals surface area contributed by atoms with E-state index in [2.05, 4.69) is 5.32 Å². The zero-order valence-electron chi connectivity index (χ0n) is 11.6. The summed E-state index contributed by atoms with van der Waals surface area (Å²) in [5.74, 6) is -0.545. The van der Waals surface area contributed by atoms with Crippen LogP contribution < -0.4 is 5.32 Å². The fourth-order valence-electron chi connectivity index (χ4n) is 2.29. The van der Waals surface area contributed by atoms with E-state index in [4.69, 9.17) is 5.26 Å². The maximum Gasteiger partial charge on any atom is 0.259 e. The van der Waals surface area contributed by atoms with Gasteiger partial charge in [-0.15, -0.1) is 0 Å². The number of amides is 1. The van der Waals surface area contributed by atoms with Crippen molar-refractivity contribution in [1.82, 2.24) is 0 Å². The summed E-state index contributed by atoms with van der Waals surface area (Å²) < 4.78 is 0. The van der Waals surface area contributed by atoms with Gasteiger partial charge in [-0.05, 0) is 35.0 Å². The lowest BCUT2D eigenvalue weighted by molar-refractivity contribution is 0.102. The van der Waals surface area contributed by atoms with Gasteiger partial charge in [0.25, 0.3) is 5.91 Å². The van der Waals surface area contributed by atoms with Crippen molar-refractivity contribution in [2.24, 2.45) is 0 Å². The van der Waals surface area contributed by atoms with Gasteiger partial charge in [0, 0.05) is 0 Å².